The lowest BCUT2D eigenvalue weighted by atomic mass is 9.86. The van der Waals surface area contributed by atoms with Crippen molar-refractivity contribution in [2.24, 2.45) is 5.92 Å². The summed E-state index contributed by atoms with van der Waals surface area (Å²) in [5.74, 6) is 1.19. The van der Waals surface area contributed by atoms with Gasteiger partial charge in [0, 0.05) is 11.1 Å². The predicted molar refractivity (Wildman–Crippen MR) is 93.8 cm³/mol. The third kappa shape index (κ3) is 4.53. The zero-order valence-electron chi connectivity index (χ0n) is 12.9. The van der Waals surface area contributed by atoms with Crippen molar-refractivity contribution in [2.75, 3.05) is 19.0 Å². The number of hydrogen-bond acceptors (Lipinski definition) is 3. The molecule has 0 aliphatic heterocycles. The van der Waals surface area contributed by atoms with Gasteiger partial charge in [-0.2, -0.15) is 0 Å². The van der Waals surface area contributed by atoms with Crippen molar-refractivity contribution in [3.63, 3.8) is 0 Å². The summed E-state index contributed by atoms with van der Waals surface area (Å²) in [5, 5.41) is 6.80. The second kappa shape index (κ2) is 8.06. The molecule has 0 heterocycles. The molecule has 2 atom stereocenters. The van der Waals surface area contributed by atoms with Crippen molar-refractivity contribution in [2.45, 2.75) is 38.6 Å². The maximum absolute atomic E-state index is 12.1. The molecule has 2 rings (SSSR count). The molecular weight excluding hydrogens is 368 g/mol. The van der Waals surface area contributed by atoms with Crippen molar-refractivity contribution in [3.8, 4) is 5.75 Å². The molecule has 1 amide bonds. The first-order chi connectivity index (χ1) is 10.5. The minimum Gasteiger partial charge on any atom is -0.493 e. The maximum Gasteiger partial charge on any atom is 0.239 e. The fraction of sp³-hybridized carbons (Fsp3) is 0.562. The number of hydrogen-bond donors (Lipinski definition) is 2. The largest absolute Gasteiger partial charge is 0.493 e. The van der Waals surface area contributed by atoms with E-state index in [1.807, 2.05) is 0 Å². The van der Waals surface area contributed by atoms with Crippen LogP contribution in [0.3, 0.4) is 0 Å². The van der Waals surface area contributed by atoms with Gasteiger partial charge in [-0.05, 0) is 46.8 Å². The number of ether oxygens (including phenoxy) is 1. The highest BCUT2D eigenvalue weighted by atomic mass is 79.9. The number of benzene rings is 1. The van der Waals surface area contributed by atoms with Crippen LogP contribution in [0, 0.1) is 5.92 Å². The third-order valence-corrected chi connectivity index (χ3v) is 4.92. The Morgan fingerprint density at radius 3 is 2.82 bits per heavy atom. The molecule has 1 aliphatic carbocycles. The standard InChI is InChI=1S/C16H22BrClN2O2/c1-10-5-3-4-6-13(10)20-15(21)9-19-14-8-11(18)7-12(17)16(14)22-2/h7-8,10,13,19H,3-6,9H2,1-2H3,(H,20,21)/t10-,13-/m0/s1. The Bertz CT molecular complexity index is 539. The van der Waals surface area contributed by atoms with E-state index in [9.17, 15) is 4.79 Å². The summed E-state index contributed by atoms with van der Waals surface area (Å²) < 4.78 is 6.09. The lowest BCUT2D eigenvalue weighted by Crippen LogP contribution is -2.43. The normalized spacial score (nSPS) is 21.3. The minimum absolute atomic E-state index is 0.00287. The van der Waals surface area contributed by atoms with Crippen LogP contribution in [0.4, 0.5) is 5.69 Å². The SMILES string of the molecule is COc1c(Br)cc(Cl)cc1NCC(=O)N[C@H]1CCCC[C@@H]1C. The average Bonchev–Trinajstić information content (AvgIpc) is 2.47. The van der Waals surface area contributed by atoms with Gasteiger partial charge < -0.3 is 15.4 Å². The molecule has 1 aromatic rings. The van der Waals surface area contributed by atoms with E-state index in [1.54, 1.807) is 19.2 Å². The van der Waals surface area contributed by atoms with E-state index >= 15 is 0 Å². The van der Waals surface area contributed by atoms with Gasteiger partial charge in [0.25, 0.3) is 0 Å². The summed E-state index contributed by atoms with van der Waals surface area (Å²) >= 11 is 9.45. The first-order valence-electron chi connectivity index (χ1n) is 7.57. The Morgan fingerprint density at radius 2 is 2.14 bits per heavy atom. The molecule has 0 bridgehead atoms. The number of carbonyl (C=O) groups excluding carboxylic acids is 1. The number of methoxy groups -OCH3 is 1. The molecule has 0 radical (unpaired) electrons. The molecule has 0 unspecified atom stereocenters. The molecule has 0 spiro atoms. The third-order valence-electron chi connectivity index (χ3n) is 4.11. The van der Waals surface area contributed by atoms with Crippen LogP contribution in [0.15, 0.2) is 16.6 Å². The summed E-state index contributed by atoms with van der Waals surface area (Å²) in [7, 11) is 1.59. The smallest absolute Gasteiger partial charge is 0.239 e. The number of halogens is 2. The topological polar surface area (TPSA) is 50.4 Å². The van der Waals surface area contributed by atoms with Crippen LogP contribution in [-0.4, -0.2) is 25.6 Å². The average molecular weight is 390 g/mol. The lowest BCUT2D eigenvalue weighted by molar-refractivity contribution is -0.120. The molecule has 1 aromatic carbocycles. The number of amides is 1. The summed E-state index contributed by atoms with van der Waals surface area (Å²) in [6, 6.07) is 3.80. The maximum atomic E-state index is 12.1. The van der Waals surface area contributed by atoms with Gasteiger partial charge in [0.05, 0.1) is 23.8 Å². The fourth-order valence-electron chi connectivity index (χ4n) is 2.86. The van der Waals surface area contributed by atoms with E-state index in [-0.39, 0.29) is 18.5 Å². The van der Waals surface area contributed by atoms with Crippen molar-refractivity contribution in [3.05, 3.63) is 21.6 Å². The fourth-order valence-corrected chi connectivity index (χ4v) is 3.84. The zero-order valence-corrected chi connectivity index (χ0v) is 15.3. The van der Waals surface area contributed by atoms with Crippen LogP contribution >= 0.6 is 27.5 Å². The van der Waals surface area contributed by atoms with Gasteiger partial charge in [-0.15, -0.1) is 0 Å². The Kier molecular flexibility index (Phi) is 6.38. The molecular formula is C16H22BrClN2O2. The van der Waals surface area contributed by atoms with Gasteiger partial charge in [-0.25, -0.2) is 0 Å². The molecule has 0 aromatic heterocycles. The molecule has 0 saturated heterocycles. The second-order valence-corrected chi connectivity index (χ2v) is 7.05. The quantitative estimate of drug-likeness (QED) is 0.793. The van der Waals surface area contributed by atoms with Crippen molar-refractivity contribution < 1.29 is 9.53 Å². The van der Waals surface area contributed by atoms with E-state index in [1.165, 1.54) is 19.3 Å². The van der Waals surface area contributed by atoms with Crippen molar-refractivity contribution >= 4 is 39.1 Å². The highest BCUT2D eigenvalue weighted by Crippen LogP contribution is 2.36. The minimum atomic E-state index is -0.00287. The van der Waals surface area contributed by atoms with Gasteiger partial charge in [-0.3, -0.25) is 4.79 Å². The summed E-state index contributed by atoms with van der Waals surface area (Å²) in [6.07, 6.45) is 4.71. The zero-order chi connectivity index (χ0) is 16.1. The Labute approximate surface area is 145 Å². The highest BCUT2D eigenvalue weighted by Gasteiger charge is 2.22. The van der Waals surface area contributed by atoms with Crippen LogP contribution in [-0.2, 0) is 4.79 Å². The Hall–Kier alpha value is -0.940. The predicted octanol–water partition coefficient (Wildman–Crippen LogP) is 4.22. The van der Waals surface area contributed by atoms with E-state index < -0.39 is 0 Å². The molecule has 1 fully saturated rings. The summed E-state index contributed by atoms with van der Waals surface area (Å²) in [5.41, 5.74) is 0.703. The molecule has 22 heavy (non-hydrogen) atoms. The monoisotopic (exact) mass is 388 g/mol. The molecule has 1 aliphatic rings. The molecule has 122 valence electrons. The van der Waals surface area contributed by atoms with E-state index in [0.717, 1.165) is 10.9 Å². The van der Waals surface area contributed by atoms with Gasteiger partial charge in [0.15, 0.2) is 5.75 Å². The molecule has 6 heteroatoms. The summed E-state index contributed by atoms with van der Waals surface area (Å²) in [4.78, 5) is 12.1. The van der Waals surface area contributed by atoms with E-state index in [2.05, 4.69) is 33.5 Å². The Balaban J connectivity index is 1.93. The number of carbonyl (C=O) groups is 1. The van der Waals surface area contributed by atoms with Crippen molar-refractivity contribution in [1.82, 2.24) is 5.32 Å². The van der Waals surface area contributed by atoms with Gasteiger partial charge in [0.1, 0.15) is 0 Å². The molecule has 1 saturated carbocycles. The van der Waals surface area contributed by atoms with Crippen molar-refractivity contribution in [1.29, 1.82) is 0 Å². The van der Waals surface area contributed by atoms with Crippen LogP contribution in [0.1, 0.15) is 32.6 Å². The van der Waals surface area contributed by atoms with Gasteiger partial charge in [-0.1, -0.05) is 31.4 Å². The number of anilines is 1. The van der Waals surface area contributed by atoms with Gasteiger partial charge >= 0.3 is 0 Å². The van der Waals surface area contributed by atoms with E-state index in [4.69, 9.17) is 16.3 Å². The second-order valence-electron chi connectivity index (χ2n) is 5.76. The number of rotatable bonds is 5. The molecule has 4 nitrogen and oxygen atoms in total. The first kappa shape index (κ1) is 17.4. The Morgan fingerprint density at radius 1 is 1.41 bits per heavy atom. The van der Waals surface area contributed by atoms with Crippen LogP contribution in [0.5, 0.6) is 5.75 Å². The van der Waals surface area contributed by atoms with Crippen LogP contribution < -0.4 is 15.4 Å². The lowest BCUT2D eigenvalue weighted by Gasteiger charge is -2.29. The number of nitrogens with one attached hydrogen (secondary N) is 2. The first-order valence-corrected chi connectivity index (χ1v) is 8.74. The summed E-state index contributed by atoms with van der Waals surface area (Å²) in [6.45, 7) is 2.40. The van der Waals surface area contributed by atoms with Crippen LogP contribution in [0.25, 0.3) is 0 Å². The van der Waals surface area contributed by atoms with E-state index in [0.29, 0.717) is 22.4 Å². The van der Waals surface area contributed by atoms with Gasteiger partial charge in [0.2, 0.25) is 5.91 Å². The molecule has 2 N–H and O–H groups in total. The van der Waals surface area contributed by atoms with Crippen LogP contribution in [0.2, 0.25) is 5.02 Å². The highest BCUT2D eigenvalue weighted by molar-refractivity contribution is 9.10.